The summed E-state index contributed by atoms with van der Waals surface area (Å²) in [6.07, 6.45) is 1.33. The third kappa shape index (κ3) is 2.48. The van der Waals surface area contributed by atoms with Crippen LogP contribution in [0.25, 0.3) is 0 Å². The Labute approximate surface area is 164 Å². The van der Waals surface area contributed by atoms with Crippen molar-refractivity contribution in [3.05, 3.63) is 65.7 Å². The normalized spacial score (nSPS) is 21.5. The van der Waals surface area contributed by atoms with Crippen LogP contribution in [0.5, 0.6) is 0 Å². The van der Waals surface area contributed by atoms with Crippen LogP contribution in [0.15, 0.2) is 54.6 Å². The Kier molecular flexibility index (Phi) is 5.08. The van der Waals surface area contributed by atoms with Gasteiger partial charge in [0.25, 0.3) is 5.91 Å². The first-order chi connectivity index (χ1) is 13.3. The van der Waals surface area contributed by atoms with E-state index in [-0.39, 0.29) is 6.42 Å². The summed E-state index contributed by atoms with van der Waals surface area (Å²) >= 11 is 0. The Morgan fingerprint density at radius 3 is 2.14 bits per heavy atom. The van der Waals surface area contributed by atoms with Gasteiger partial charge in [0, 0.05) is 23.1 Å². The van der Waals surface area contributed by atoms with Crippen molar-refractivity contribution >= 4 is 23.5 Å². The summed E-state index contributed by atoms with van der Waals surface area (Å²) in [6.45, 7) is 3.59. The first-order valence-electron chi connectivity index (χ1n) is 9.47. The molecule has 0 spiro atoms. The lowest BCUT2D eigenvalue weighted by atomic mass is 9.74. The minimum Gasteiger partial charge on any atom is -0.364 e. The third-order valence-corrected chi connectivity index (χ3v) is 5.85. The lowest BCUT2D eigenvalue weighted by Gasteiger charge is -2.48. The quantitative estimate of drug-likeness (QED) is 0.797. The number of aryl methyl sites for hydroxylation is 1. The highest BCUT2D eigenvalue weighted by molar-refractivity contribution is 6.14. The highest BCUT2D eigenvalue weighted by Gasteiger charge is 2.68. The maximum Gasteiger partial charge on any atom is 0.427 e. The van der Waals surface area contributed by atoms with Gasteiger partial charge in [-0.15, -0.1) is 4.48 Å². The minimum absolute atomic E-state index is 0.131. The largest absolute Gasteiger partial charge is 0.427 e. The van der Waals surface area contributed by atoms with E-state index in [1.54, 1.807) is 50.2 Å². The van der Waals surface area contributed by atoms with Crippen molar-refractivity contribution in [3.8, 4) is 0 Å². The van der Waals surface area contributed by atoms with Crippen molar-refractivity contribution < 1.29 is 14.4 Å². The summed E-state index contributed by atoms with van der Waals surface area (Å²) in [4.78, 5) is 40.0. The Morgan fingerprint density at radius 1 is 0.964 bits per heavy atom. The minimum atomic E-state index is -1.66. The molecule has 0 radical (unpaired) electrons. The summed E-state index contributed by atoms with van der Waals surface area (Å²) in [5, 5.41) is 0. The predicted octanol–water partition coefficient (Wildman–Crippen LogP) is 2.97. The van der Waals surface area contributed by atoms with Gasteiger partial charge in [0.15, 0.2) is 5.69 Å². The lowest BCUT2D eigenvalue weighted by molar-refractivity contribution is -0.144. The molecule has 4 amide bonds. The molecule has 3 rings (SSSR count). The number of hydrogen-bond donors (Lipinski definition) is 2. The Hall–Kier alpha value is -2.99. The number of nitrogens with two attached hydrogens (primary N) is 2. The number of imide groups is 1. The fourth-order valence-corrected chi connectivity index (χ4v) is 4.78. The average molecular weight is 380 g/mol. The number of fused-ring (bicyclic) bond motifs is 1. The number of rotatable bonds is 4. The Balaban J connectivity index is 2.56. The molecule has 0 saturated carbocycles. The number of carbonyl (C=O) groups excluding carboxylic acids is 3. The van der Waals surface area contributed by atoms with Gasteiger partial charge in [-0.3, -0.25) is 4.79 Å². The number of quaternary nitrogens is 1. The smallest absolute Gasteiger partial charge is 0.364 e. The molecule has 146 valence electrons. The fraction of sp³-hybridized carbons (Fsp3) is 0.318. The van der Waals surface area contributed by atoms with Crippen LogP contribution in [0.1, 0.15) is 37.8 Å². The molecule has 0 bridgehead atoms. The van der Waals surface area contributed by atoms with Gasteiger partial charge in [-0.25, -0.2) is 9.59 Å². The highest BCUT2D eigenvalue weighted by Crippen LogP contribution is 2.49. The fourth-order valence-electron chi connectivity index (χ4n) is 4.78. The molecule has 1 aliphatic rings. The summed E-state index contributed by atoms with van der Waals surface area (Å²) in [5.41, 5.74) is 12.1. The van der Waals surface area contributed by atoms with E-state index >= 15 is 0 Å². The molecular weight excluding hydrogens is 354 g/mol. The van der Waals surface area contributed by atoms with Crippen molar-refractivity contribution in [1.29, 1.82) is 0 Å². The molecule has 28 heavy (non-hydrogen) atoms. The van der Waals surface area contributed by atoms with Crippen molar-refractivity contribution in [1.82, 2.24) is 4.48 Å². The summed E-state index contributed by atoms with van der Waals surface area (Å²) < 4.78 is -0.916. The summed E-state index contributed by atoms with van der Waals surface area (Å²) in [5.74, 6) is -1.64. The number of benzene rings is 2. The number of primary amides is 2. The first-order valence-corrected chi connectivity index (χ1v) is 9.47. The second-order valence-corrected chi connectivity index (χ2v) is 7.54. The SMILES string of the molecule is CC(C)C(C(N)=O)(c1ccccc1)[N+]1(C(N)=O)C(=O)CCCc2ccccc21. The molecule has 2 aromatic rings. The van der Waals surface area contributed by atoms with Gasteiger partial charge < -0.3 is 11.5 Å². The van der Waals surface area contributed by atoms with Crippen molar-refractivity contribution in [3.63, 3.8) is 0 Å². The van der Waals surface area contributed by atoms with Crippen LogP contribution in [0.3, 0.4) is 0 Å². The van der Waals surface area contributed by atoms with Gasteiger partial charge in [-0.1, -0.05) is 62.4 Å². The van der Waals surface area contributed by atoms with E-state index in [2.05, 4.69) is 0 Å². The van der Waals surface area contributed by atoms with Crippen molar-refractivity contribution in [2.24, 2.45) is 17.4 Å². The Morgan fingerprint density at radius 2 is 1.57 bits per heavy atom. The molecule has 2 atom stereocenters. The van der Waals surface area contributed by atoms with Gasteiger partial charge in [0.2, 0.25) is 5.54 Å². The van der Waals surface area contributed by atoms with E-state index in [9.17, 15) is 14.4 Å². The lowest BCUT2D eigenvalue weighted by Crippen LogP contribution is -2.77. The molecule has 6 nitrogen and oxygen atoms in total. The van der Waals surface area contributed by atoms with E-state index in [4.69, 9.17) is 11.5 Å². The van der Waals surface area contributed by atoms with E-state index in [0.29, 0.717) is 24.1 Å². The number of urea groups is 1. The van der Waals surface area contributed by atoms with Gasteiger partial charge in [-0.2, -0.15) is 0 Å². The van der Waals surface area contributed by atoms with Crippen LogP contribution >= 0.6 is 0 Å². The number of para-hydroxylation sites is 1. The van der Waals surface area contributed by atoms with Crippen LogP contribution in [0.2, 0.25) is 0 Å². The molecular formula is C22H26N3O3+. The number of hydrogen-bond acceptors (Lipinski definition) is 3. The van der Waals surface area contributed by atoms with E-state index in [1.165, 1.54) is 0 Å². The standard InChI is InChI=1S/C22H25N3O3/c1-15(2)22(20(23)27,17-11-4-3-5-12-17)25(21(24)28)18-13-7-6-9-16(18)10-8-14-19(25)26/h3-7,9,11-13,15H,8,10,14H2,1-2H3,(H3-,23,24,27,28)/p+1. The van der Waals surface area contributed by atoms with Gasteiger partial charge in [0.1, 0.15) is 0 Å². The van der Waals surface area contributed by atoms with Gasteiger partial charge in [-0.05, 0) is 12.8 Å². The molecule has 1 heterocycles. The average Bonchev–Trinajstić information content (AvgIpc) is 2.80. The van der Waals surface area contributed by atoms with E-state index in [1.807, 2.05) is 18.2 Å². The first kappa shape index (κ1) is 19.8. The highest BCUT2D eigenvalue weighted by atomic mass is 16.2. The third-order valence-electron chi connectivity index (χ3n) is 5.85. The maximum atomic E-state index is 13.6. The molecule has 0 fully saturated rings. The molecule has 0 aliphatic carbocycles. The molecule has 2 unspecified atom stereocenters. The van der Waals surface area contributed by atoms with Crippen LogP contribution in [0, 0.1) is 5.92 Å². The van der Waals surface area contributed by atoms with Crippen LogP contribution < -0.4 is 16.0 Å². The zero-order chi connectivity index (χ0) is 20.5. The second kappa shape index (κ2) is 7.20. The second-order valence-electron chi connectivity index (χ2n) is 7.54. The molecule has 6 heteroatoms. The number of nitrogens with zero attached hydrogens (tertiary/aromatic N) is 1. The van der Waals surface area contributed by atoms with Crippen LogP contribution in [0.4, 0.5) is 10.5 Å². The van der Waals surface area contributed by atoms with Crippen molar-refractivity contribution in [2.75, 3.05) is 0 Å². The van der Waals surface area contributed by atoms with E-state index < -0.39 is 33.8 Å². The molecule has 1 aliphatic heterocycles. The zero-order valence-corrected chi connectivity index (χ0v) is 16.2. The molecule has 0 saturated heterocycles. The maximum absolute atomic E-state index is 13.6. The topological polar surface area (TPSA) is 103 Å². The van der Waals surface area contributed by atoms with Gasteiger partial charge >= 0.3 is 11.9 Å². The Bertz CT molecular complexity index is 926. The van der Waals surface area contributed by atoms with Gasteiger partial charge in [0.05, 0.1) is 6.42 Å². The summed E-state index contributed by atoms with van der Waals surface area (Å²) in [7, 11) is 0. The zero-order valence-electron chi connectivity index (χ0n) is 16.2. The molecule has 0 aromatic heterocycles. The van der Waals surface area contributed by atoms with Crippen LogP contribution in [-0.4, -0.2) is 17.8 Å². The predicted molar refractivity (Wildman–Crippen MR) is 108 cm³/mol. The van der Waals surface area contributed by atoms with E-state index in [0.717, 1.165) is 5.56 Å². The van der Waals surface area contributed by atoms with Crippen molar-refractivity contribution in [2.45, 2.75) is 38.6 Å². The number of carbonyl (C=O) groups is 3. The van der Waals surface area contributed by atoms with Crippen LogP contribution in [-0.2, 0) is 21.5 Å². The number of amides is 4. The molecule has 4 N–H and O–H groups in total. The molecule has 2 aromatic carbocycles. The monoisotopic (exact) mass is 380 g/mol. The summed E-state index contributed by atoms with van der Waals surface area (Å²) in [6, 6.07) is 15.1.